The van der Waals surface area contributed by atoms with E-state index in [-0.39, 0.29) is 11.9 Å². The predicted molar refractivity (Wildman–Crippen MR) is 81.8 cm³/mol. The van der Waals surface area contributed by atoms with E-state index in [9.17, 15) is 4.79 Å². The Labute approximate surface area is 128 Å². The van der Waals surface area contributed by atoms with Crippen molar-refractivity contribution in [2.24, 2.45) is 0 Å². The van der Waals surface area contributed by atoms with Crippen LogP contribution in [0, 0.1) is 0 Å². The molecule has 2 bridgehead atoms. The number of hydrogen-bond acceptors (Lipinski definition) is 4. The summed E-state index contributed by atoms with van der Waals surface area (Å²) in [6.45, 7) is 0. The van der Waals surface area contributed by atoms with E-state index in [1.165, 1.54) is 12.8 Å². The van der Waals surface area contributed by atoms with Gasteiger partial charge >= 0.3 is 0 Å². The van der Waals surface area contributed by atoms with E-state index >= 15 is 0 Å². The van der Waals surface area contributed by atoms with Gasteiger partial charge in [0.05, 0.1) is 11.9 Å². The van der Waals surface area contributed by atoms with Gasteiger partial charge in [-0.15, -0.1) is 5.10 Å². The zero-order valence-corrected chi connectivity index (χ0v) is 12.3. The van der Waals surface area contributed by atoms with E-state index in [0.717, 1.165) is 18.5 Å². The molecule has 2 atom stereocenters. The van der Waals surface area contributed by atoms with Crippen molar-refractivity contribution in [3.05, 3.63) is 42.2 Å². The molecule has 2 fully saturated rings. The second kappa shape index (κ2) is 5.53. The van der Waals surface area contributed by atoms with Crippen molar-refractivity contribution in [3.63, 3.8) is 0 Å². The molecule has 2 aromatic rings. The SMILES string of the molecule is O=C(NC1CC2CCC(C1)N2)c1cn(-c2ccccc2)nn1. The van der Waals surface area contributed by atoms with Crippen LogP contribution in [0.5, 0.6) is 0 Å². The Hall–Kier alpha value is -2.21. The lowest BCUT2D eigenvalue weighted by Crippen LogP contribution is -2.48. The molecule has 114 valence electrons. The minimum absolute atomic E-state index is 0.131. The minimum atomic E-state index is -0.131. The molecule has 0 saturated carbocycles. The summed E-state index contributed by atoms with van der Waals surface area (Å²) in [4.78, 5) is 12.3. The fourth-order valence-electron chi connectivity index (χ4n) is 3.51. The first-order valence-electron chi connectivity index (χ1n) is 7.82. The summed E-state index contributed by atoms with van der Waals surface area (Å²) in [5.74, 6) is -0.131. The summed E-state index contributed by atoms with van der Waals surface area (Å²) in [7, 11) is 0. The number of nitrogens with zero attached hydrogens (tertiary/aromatic N) is 3. The molecule has 2 N–H and O–H groups in total. The Balaban J connectivity index is 1.44. The van der Waals surface area contributed by atoms with Crippen LogP contribution in [0.25, 0.3) is 5.69 Å². The molecule has 0 spiro atoms. The van der Waals surface area contributed by atoms with Gasteiger partial charge in [-0.05, 0) is 37.8 Å². The first kappa shape index (κ1) is 13.5. The van der Waals surface area contributed by atoms with Crippen molar-refractivity contribution in [1.82, 2.24) is 25.6 Å². The van der Waals surface area contributed by atoms with Gasteiger partial charge in [0.25, 0.3) is 5.91 Å². The van der Waals surface area contributed by atoms with Crippen molar-refractivity contribution in [1.29, 1.82) is 0 Å². The van der Waals surface area contributed by atoms with Crippen molar-refractivity contribution < 1.29 is 4.79 Å². The van der Waals surface area contributed by atoms with Crippen molar-refractivity contribution in [3.8, 4) is 5.69 Å². The third kappa shape index (κ3) is 2.62. The number of benzene rings is 1. The number of carbonyl (C=O) groups excluding carboxylic acids is 1. The average Bonchev–Trinajstić information content (AvgIpc) is 3.15. The number of piperidine rings is 1. The molecule has 4 rings (SSSR count). The summed E-state index contributed by atoms with van der Waals surface area (Å²) in [5, 5.41) is 14.7. The molecule has 2 aliphatic rings. The van der Waals surface area contributed by atoms with Crippen LogP contribution in [0.3, 0.4) is 0 Å². The number of carbonyl (C=O) groups is 1. The molecule has 3 heterocycles. The van der Waals surface area contributed by atoms with Gasteiger partial charge in [-0.2, -0.15) is 0 Å². The van der Waals surface area contributed by atoms with E-state index < -0.39 is 0 Å². The molecule has 22 heavy (non-hydrogen) atoms. The zero-order chi connectivity index (χ0) is 14.9. The van der Waals surface area contributed by atoms with E-state index in [1.54, 1.807) is 10.9 Å². The van der Waals surface area contributed by atoms with Gasteiger partial charge in [-0.1, -0.05) is 23.4 Å². The normalized spacial score (nSPS) is 26.8. The molecule has 2 unspecified atom stereocenters. The van der Waals surface area contributed by atoms with Gasteiger partial charge in [0.15, 0.2) is 5.69 Å². The lowest BCUT2D eigenvalue weighted by atomic mass is 10.00. The standard InChI is InChI=1S/C16H19N5O/c22-16(18-13-8-11-6-7-12(9-13)17-11)15-10-21(20-19-15)14-4-2-1-3-5-14/h1-5,10-13,17H,6-9H2,(H,18,22). The highest BCUT2D eigenvalue weighted by atomic mass is 16.2. The summed E-state index contributed by atoms with van der Waals surface area (Å²) >= 11 is 0. The number of rotatable bonds is 3. The van der Waals surface area contributed by atoms with Gasteiger partial charge in [0.2, 0.25) is 0 Å². The van der Waals surface area contributed by atoms with Crippen LogP contribution in [0.1, 0.15) is 36.2 Å². The van der Waals surface area contributed by atoms with Crippen molar-refractivity contribution in [2.75, 3.05) is 0 Å². The summed E-state index contributed by atoms with van der Waals surface area (Å²) in [5.41, 5.74) is 1.27. The summed E-state index contributed by atoms with van der Waals surface area (Å²) < 4.78 is 1.63. The topological polar surface area (TPSA) is 71.8 Å². The number of aromatic nitrogens is 3. The Morgan fingerprint density at radius 3 is 2.64 bits per heavy atom. The monoisotopic (exact) mass is 297 g/mol. The summed E-state index contributed by atoms with van der Waals surface area (Å²) in [6.07, 6.45) is 6.15. The Kier molecular flexibility index (Phi) is 3.38. The third-order valence-electron chi connectivity index (χ3n) is 4.56. The molecular weight excluding hydrogens is 278 g/mol. The van der Waals surface area contributed by atoms with E-state index in [2.05, 4.69) is 20.9 Å². The van der Waals surface area contributed by atoms with E-state index in [1.807, 2.05) is 30.3 Å². The average molecular weight is 297 g/mol. The van der Waals surface area contributed by atoms with E-state index in [0.29, 0.717) is 17.8 Å². The largest absolute Gasteiger partial charge is 0.348 e. The molecule has 6 heteroatoms. The molecule has 1 amide bonds. The van der Waals surface area contributed by atoms with E-state index in [4.69, 9.17) is 0 Å². The highest BCUT2D eigenvalue weighted by Gasteiger charge is 2.34. The van der Waals surface area contributed by atoms with Gasteiger partial charge in [-0.3, -0.25) is 4.79 Å². The number of hydrogen-bond donors (Lipinski definition) is 2. The summed E-state index contributed by atoms with van der Waals surface area (Å²) in [6, 6.07) is 11.0. The highest BCUT2D eigenvalue weighted by molar-refractivity contribution is 5.92. The molecule has 0 radical (unpaired) electrons. The van der Waals surface area contributed by atoms with Gasteiger partial charge in [0.1, 0.15) is 0 Å². The van der Waals surface area contributed by atoms with Crippen LogP contribution in [-0.4, -0.2) is 39.0 Å². The molecule has 2 saturated heterocycles. The lowest BCUT2D eigenvalue weighted by Gasteiger charge is -2.29. The van der Waals surface area contributed by atoms with Crippen molar-refractivity contribution in [2.45, 2.75) is 43.8 Å². The Morgan fingerprint density at radius 2 is 1.91 bits per heavy atom. The Bertz CT molecular complexity index is 656. The number of fused-ring (bicyclic) bond motifs is 2. The second-order valence-corrected chi connectivity index (χ2v) is 6.16. The van der Waals surface area contributed by atoms with Gasteiger partial charge in [-0.25, -0.2) is 4.68 Å². The number of para-hydroxylation sites is 1. The fraction of sp³-hybridized carbons (Fsp3) is 0.438. The predicted octanol–water partition coefficient (Wildman–Crippen LogP) is 1.28. The van der Waals surface area contributed by atoms with Crippen LogP contribution >= 0.6 is 0 Å². The highest BCUT2D eigenvalue weighted by Crippen LogP contribution is 2.26. The lowest BCUT2D eigenvalue weighted by molar-refractivity contribution is 0.0919. The molecule has 1 aromatic heterocycles. The maximum atomic E-state index is 12.3. The minimum Gasteiger partial charge on any atom is -0.348 e. The van der Waals surface area contributed by atoms with Gasteiger partial charge in [0, 0.05) is 18.1 Å². The molecular formula is C16H19N5O. The van der Waals surface area contributed by atoms with Crippen LogP contribution in [0.2, 0.25) is 0 Å². The first-order chi connectivity index (χ1) is 10.8. The fourth-order valence-corrected chi connectivity index (χ4v) is 3.51. The maximum Gasteiger partial charge on any atom is 0.273 e. The second-order valence-electron chi connectivity index (χ2n) is 6.16. The van der Waals surface area contributed by atoms with Crippen LogP contribution < -0.4 is 10.6 Å². The molecule has 1 aromatic carbocycles. The smallest absolute Gasteiger partial charge is 0.273 e. The van der Waals surface area contributed by atoms with Crippen LogP contribution in [0.15, 0.2) is 36.5 Å². The van der Waals surface area contributed by atoms with Crippen molar-refractivity contribution >= 4 is 5.91 Å². The maximum absolute atomic E-state index is 12.3. The molecule has 0 aliphatic carbocycles. The van der Waals surface area contributed by atoms with Crippen LogP contribution in [-0.2, 0) is 0 Å². The first-order valence-corrected chi connectivity index (χ1v) is 7.82. The molecule has 2 aliphatic heterocycles. The third-order valence-corrected chi connectivity index (χ3v) is 4.56. The molecule has 6 nitrogen and oxygen atoms in total. The Morgan fingerprint density at radius 1 is 1.18 bits per heavy atom. The number of nitrogens with one attached hydrogen (secondary N) is 2. The quantitative estimate of drug-likeness (QED) is 0.895. The zero-order valence-electron chi connectivity index (χ0n) is 12.3. The van der Waals surface area contributed by atoms with Crippen LogP contribution in [0.4, 0.5) is 0 Å². The number of amides is 1. The van der Waals surface area contributed by atoms with Gasteiger partial charge < -0.3 is 10.6 Å².